The summed E-state index contributed by atoms with van der Waals surface area (Å²) in [7, 11) is 0. The van der Waals surface area contributed by atoms with Crippen molar-refractivity contribution in [2.45, 2.75) is 19.0 Å². The van der Waals surface area contributed by atoms with Crippen molar-refractivity contribution >= 4 is 17.3 Å². The monoisotopic (exact) mass is 436 g/mol. The predicted octanol–water partition coefficient (Wildman–Crippen LogP) is 4.83. The highest BCUT2D eigenvalue weighted by Gasteiger charge is 2.36. The smallest absolute Gasteiger partial charge is 0.422 e. The fraction of sp³-hybridized carbons (Fsp3) is 0.273. The quantitative estimate of drug-likeness (QED) is 0.645. The number of benzene rings is 2. The molecule has 0 fully saturated rings. The van der Waals surface area contributed by atoms with Gasteiger partial charge in [0.15, 0.2) is 6.61 Å². The van der Waals surface area contributed by atoms with E-state index in [1.54, 1.807) is 0 Å². The number of hydrogen-bond donors (Lipinski definition) is 0. The first-order valence-corrected chi connectivity index (χ1v) is 9.57. The van der Waals surface area contributed by atoms with E-state index in [1.807, 2.05) is 0 Å². The average molecular weight is 436 g/mol. The molecular weight excluding hydrogens is 419 g/mol. The Labute approximate surface area is 174 Å². The van der Waals surface area contributed by atoms with E-state index in [2.05, 4.69) is 4.99 Å². The van der Waals surface area contributed by atoms with E-state index in [4.69, 9.17) is 4.74 Å². The van der Waals surface area contributed by atoms with Gasteiger partial charge in [0.25, 0.3) is 5.91 Å². The Balaban J connectivity index is 1.71. The lowest BCUT2D eigenvalue weighted by molar-refractivity contribution is -0.153. The molecule has 0 bridgehead atoms. The van der Waals surface area contributed by atoms with Crippen LogP contribution >= 0.6 is 0 Å². The summed E-state index contributed by atoms with van der Waals surface area (Å²) < 4.78 is 69.9. The van der Waals surface area contributed by atoms with Crippen LogP contribution in [0.5, 0.6) is 5.75 Å². The Morgan fingerprint density at radius 2 is 1.71 bits per heavy atom. The largest absolute Gasteiger partial charge is 0.483 e. The maximum atomic E-state index is 13.8. The van der Waals surface area contributed by atoms with Gasteiger partial charge in [-0.3, -0.25) is 9.79 Å². The number of rotatable bonds is 4. The summed E-state index contributed by atoms with van der Waals surface area (Å²) >= 11 is 0. The van der Waals surface area contributed by atoms with Crippen LogP contribution in [0.4, 0.5) is 27.6 Å². The zero-order chi connectivity index (χ0) is 22.2. The standard InChI is InChI=1S/C22H17F5N2O2/c23-13-3-6-15(7-4-13)29-11-18-16(21(29)30)2-1-9-28-20(18)17-8-5-14(24)10-19(17)31-12-22(25,26)27/h3-8,10H,1-2,9,11-12H2. The number of aliphatic imine (C=N–C) groups is 1. The summed E-state index contributed by atoms with van der Waals surface area (Å²) in [5.41, 5.74) is 2.03. The van der Waals surface area contributed by atoms with E-state index < -0.39 is 24.4 Å². The highest BCUT2D eigenvalue weighted by atomic mass is 19.4. The zero-order valence-corrected chi connectivity index (χ0v) is 16.2. The maximum absolute atomic E-state index is 13.8. The highest BCUT2D eigenvalue weighted by Crippen LogP contribution is 2.35. The van der Waals surface area contributed by atoms with Gasteiger partial charge in [-0.2, -0.15) is 13.2 Å². The van der Waals surface area contributed by atoms with Crippen LogP contribution in [0.25, 0.3) is 0 Å². The van der Waals surface area contributed by atoms with Crippen molar-refractivity contribution < 1.29 is 31.5 Å². The highest BCUT2D eigenvalue weighted by molar-refractivity contribution is 6.23. The van der Waals surface area contributed by atoms with Crippen molar-refractivity contribution in [3.05, 3.63) is 70.8 Å². The van der Waals surface area contributed by atoms with Crippen molar-refractivity contribution in [2.24, 2.45) is 4.99 Å². The van der Waals surface area contributed by atoms with Gasteiger partial charge in [0.2, 0.25) is 0 Å². The molecule has 2 aliphatic heterocycles. The normalized spacial score (nSPS) is 16.9. The molecule has 2 aromatic carbocycles. The molecule has 4 nitrogen and oxygen atoms in total. The first-order chi connectivity index (χ1) is 14.7. The van der Waals surface area contributed by atoms with E-state index in [0.29, 0.717) is 41.9 Å². The third-order valence-electron chi connectivity index (χ3n) is 5.05. The Kier molecular flexibility index (Phi) is 5.51. The van der Waals surface area contributed by atoms with Crippen molar-refractivity contribution in [1.82, 2.24) is 0 Å². The van der Waals surface area contributed by atoms with Crippen LogP contribution in [0, 0.1) is 11.6 Å². The molecule has 0 aliphatic carbocycles. The number of alkyl halides is 3. The summed E-state index contributed by atoms with van der Waals surface area (Å²) in [4.78, 5) is 19.0. The minimum Gasteiger partial charge on any atom is -0.483 e. The number of hydrogen-bond acceptors (Lipinski definition) is 3. The second-order valence-electron chi connectivity index (χ2n) is 7.20. The summed E-state index contributed by atoms with van der Waals surface area (Å²) in [6.07, 6.45) is -3.58. The minimum atomic E-state index is -4.60. The van der Waals surface area contributed by atoms with Gasteiger partial charge < -0.3 is 9.64 Å². The molecule has 9 heteroatoms. The number of carbonyl (C=O) groups excluding carboxylic acids is 1. The Hall–Kier alpha value is -3.23. The van der Waals surface area contributed by atoms with E-state index in [1.165, 1.54) is 35.2 Å². The molecule has 2 aliphatic rings. The van der Waals surface area contributed by atoms with E-state index in [9.17, 15) is 26.7 Å². The molecule has 0 N–H and O–H groups in total. The van der Waals surface area contributed by atoms with Crippen LogP contribution in [-0.4, -0.2) is 37.5 Å². The molecule has 2 aromatic rings. The summed E-state index contributed by atoms with van der Waals surface area (Å²) in [5.74, 6) is -1.75. The van der Waals surface area contributed by atoms with Crippen LogP contribution < -0.4 is 9.64 Å². The first-order valence-electron chi connectivity index (χ1n) is 9.57. The SMILES string of the molecule is O=C1C2=C(CN1c1ccc(F)cc1)C(c1ccc(F)cc1OCC(F)(F)F)=NCCC2. The van der Waals surface area contributed by atoms with Crippen molar-refractivity contribution in [3.8, 4) is 5.75 Å². The average Bonchev–Trinajstić information content (AvgIpc) is 2.90. The Morgan fingerprint density at radius 1 is 1.00 bits per heavy atom. The summed E-state index contributed by atoms with van der Waals surface area (Å²) in [6, 6.07) is 8.73. The van der Waals surface area contributed by atoms with E-state index >= 15 is 0 Å². The van der Waals surface area contributed by atoms with E-state index in [0.717, 1.165) is 12.1 Å². The van der Waals surface area contributed by atoms with Crippen LogP contribution in [0.3, 0.4) is 0 Å². The number of anilines is 1. The second-order valence-corrected chi connectivity index (χ2v) is 7.20. The number of ether oxygens (including phenoxy) is 1. The van der Waals surface area contributed by atoms with Crippen LogP contribution in [0.2, 0.25) is 0 Å². The Morgan fingerprint density at radius 3 is 2.42 bits per heavy atom. The molecule has 0 radical (unpaired) electrons. The first kappa shape index (κ1) is 21.0. The van der Waals surface area contributed by atoms with Crippen molar-refractivity contribution in [3.63, 3.8) is 0 Å². The van der Waals surface area contributed by atoms with Gasteiger partial charge in [0, 0.05) is 35.0 Å². The molecular formula is C22H17F5N2O2. The van der Waals surface area contributed by atoms with Gasteiger partial charge in [-0.05, 0) is 49.2 Å². The lowest BCUT2D eigenvalue weighted by atomic mass is 9.97. The lowest BCUT2D eigenvalue weighted by Gasteiger charge is -2.19. The molecule has 0 aromatic heterocycles. The molecule has 162 valence electrons. The fourth-order valence-electron chi connectivity index (χ4n) is 3.68. The van der Waals surface area contributed by atoms with Crippen LogP contribution in [-0.2, 0) is 4.79 Å². The van der Waals surface area contributed by atoms with Crippen molar-refractivity contribution in [1.29, 1.82) is 0 Å². The van der Waals surface area contributed by atoms with Gasteiger partial charge in [-0.1, -0.05) is 0 Å². The zero-order valence-electron chi connectivity index (χ0n) is 16.2. The van der Waals surface area contributed by atoms with Crippen molar-refractivity contribution in [2.75, 3.05) is 24.6 Å². The molecule has 4 rings (SSSR count). The molecule has 0 saturated heterocycles. The van der Waals surface area contributed by atoms with Gasteiger partial charge in [-0.25, -0.2) is 8.78 Å². The molecule has 0 spiro atoms. The number of halogens is 5. The molecule has 31 heavy (non-hydrogen) atoms. The maximum Gasteiger partial charge on any atom is 0.422 e. The fourth-order valence-corrected chi connectivity index (χ4v) is 3.68. The molecule has 2 heterocycles. The molecule has 0 atom stereocenters. The number of carbonyl (C=O) groups is 1. The van der Waals surface area contributed by atoms with Crippen LogP contribution in [0.15, 0.2) is 58.6 Å². The lowest BCUT2D eigenvalue weighted by Crippen LogP contribution is -2.27. The van der Waals surface area contributed by atoms with Gasteiger partial charge in [0.05, 0.1) is 12.3 Å². The topological polar surface area (TPSA) is 41.9 Å². The third-order valence-corrected chi connectivity index (χ3v) is 5.05. The molecule has 0 unspecified atom stereocenters. The number of nitrogens with zero attached hydrogens (tertiary/aromatic N) is 2. The van der Waals surface area contributed by atoms with Gasteiger partial charge >= 0.3 is 6.18 Å². The van der Waals surface area contributed by atoms with Gasteiger partial charge in [-0.15, -0.1) is 0 Å². The molecule has 0 saturated carbocycles. The second kappa shape index (κ2) is 8.13. The predicted molar refractivity (Wildman–Crippen MR) is 104 cm³/mol. The number of amides is 1. The van der Waals surface area contributed by atoms with Crippen LogP contribution in [0.1, 0.15) is 18.4 Å². The Bertz CT molecular complexity index is 1070. The summed E-state index contributed by atoms with van der Waals surface area (Å²) in [5, 5.41) is 0. The summed E-state index contributed by atoms with van der Waals surface area (Å²) in [6.45, 7) is -1.10. The third kappa shape index (κ3) is 4.45. The minimum absolute atomic E-state index is 0.120. The van der Waals surface area contributed by atoms with E-state index in [-0.39, 0.29) is 23.8 Å². The molecule has 1 amide bonds. The van der Waals surface area contributed by atoms with Gasteiger partial charge in [0.1, 0.15) is 17.4 Å².